The van der Waals surface area contributed by atoms with Crippen LogP contribution in [0.1, 0.15) is 5.56 Å². The summed E-state index contributed by atoms with van der Waals surface area (Å²) in [5.74, 6) is 0. The third-order valence-electron chi connectivity index (χ3n) is 1.11. The Kier molecular flexibility index (Phi) is 4.96. The van der Waals surface area contributed by atoms with Crippen LogP contribution in [0.5, 0.6) is 0 Å². The fourth-order valence-corrected chi connectivity index (χ4v) is 0.725. The number of benzene rings is 1. The zero-order chi connectivity index (χ0) is 6.69. The quantitative estimate of drug-likeness (QED) is 0.728. The summed E-state index contributed by atoms with van der Waals surface area (Å²) in [5.41, 5.74) is 1.10. The normalized spacial score (nSPS) is 8.10. The second-order valence-corrected chi connectivity index (χ2v) is 2.19. The molecule has 0 atom stereocenters. The topological polar surface area (TPSA) is 0 Å². The molecular weight excluding hydrogens is 341 g/mol. The van der Waals surface area contributed by atoms with Crippen molar-refractivity contribution in [1.82, 2.24) is 0 Å². The summed E-state index contributed by atoms with van der Waals surface area (Å²) in [4.78, 5) is 0. The SMILES string of the molecule is C=Cc1ccc(Cl)cc1.[PoH2]. The van der Waals surface area contributed by atoms with Gasteiger partial charge in [0.1, 0.15) is 0 Å². The first kappa shape index (κ1) is 10.1. The first-order chi connectivity index (χ1) is 4.33. The molecule has 0 aromatic heterocycles. The summed E-state index contributed by atoms with van der Waals surface area (Å²) in [7, 11) is 0. The van der Waals surface area contributed by atoms with Crippen LogP contribution in [0.25, 0.3) is 6.08 Å². The molecule has 1 aromatic carbocycles. The molecule has 10 heavy (non-hydrogen) atoms. The van der Waals surface area contributed by atoms with Crippen molar-refractivity contribution in [2.45, 2.75) is 0 Å². The molecule has 0 nitrogen and oxygen atoms in total. The van der Waals surface area contributed by atoms with E-state index in [2.05, 4.69) is 6.58 Å². The molecule has 0 saturated carbocycles. The third-order valence-corrected chi connectivity index (χ3v) is 1.36. The molecule has 0 amide bonds. The van der Waals surface area contributed by atoms with E-state index in [1.807, 2.05) is 24.3 Å². The Morgan fingerprint density at radius 2 is 1.70 bits per heavy atom. The van der Waals surface area contributed by atoms with Crippen molar-refractivity contribution in [3.05, 3.63) is 41.4 Å². The van der Waals surface area contributed by atoms with E-state index in [-0.39, 0.29) is 26.6 Å². The van der Waals surface area contributed by atoms with E-state index in [1.165, 1.54) is 0 Å². The van der Waals surface area contributed by atoms with E-state index in [0.717, 1.165) is 10.6 Å². The molecule has 0 bridgehead atoms. The van der Waals surface area contributed by atoms with Gasteiger partial charge in [0, 0.05) is 5.02 Å². The van der Waals surface area contributed by atoms with Crippen LogP contribution in [-0.2, 0) is 0 Å². The Morgan fingerprint density at radius 1 is 1.20 bits per heavy atom. The zero-order valence-electron chi connectivity index (χ0n) is 5.47. The van der Waals surface area contributed by atoms with Gasteiger partial charge in [0.2, 0.25) is 0 Å². The molecule has 0 aliphatic heterocycles. The summed E-state index contributed by atoms with van der Waals surface area (Å²) in [6, 6.07) is 7.54. The Labute approximate surface area is 85.4 Å². The third kappa shape index (κ3) is 2.82. The molecule has 0 saturated heterocycles. The molecule has 0 heterocycles. The van der Waals surface area contributed by atoms with E-state index >= 15 is 0 Å². The minimum atomic E-state index is 0. The van der Waals surface area contributed by atoms with Crippen LogP contribution < -0.4 is 0 Å². The average Bonchev–Trinajstić information content (AvgIpc) is 1.90. The maximum absolute atomic E-state index is 5.63. The molecule has 0 aliphatic rings. The van der Waals surface area contributed by atoms with Gasteiger partial charge in [-0.2, -0.15) is 0 Å². The van der Waals surface area contributed by atoms with Crippen molar-refractivity contribution in [1.29, 1.82) is 0 Å². The minimum absolute atomic E-state index is 0. The van der Waals surface area contributed by atoms with Crippen molar-refractivity contribution in [3.8, 4) is 0 Å². The van der Waals surface area contributed by atoms with E-state index < -0.39 is 0 Å². The fourth-order valence-electron chi connectivity index (χ4n) is 0.599. The molecule has 0 N–H and O–H groups in total. The van der Waals surface area contributed by atoms with Gasteiger partial charge in [-0.3, -0.25) is 0 Å². The second-order valence-electron chi connectivity index (χ2n) is 1.76. The maximum atomic E-state index is 5.63. The van der Waals surface area contributed by atoms with Gasteiger partial charge in [-0.1, -0.05) is 36.4 Å². The van der Waals surface area contributed by atoms with Gasteiger partial charge in [0.25, 0.3) is 0 Å². The van der Waals surface area contributed by atoms with Gasteiger partial charge < -0.3 is 0 Å². The molecule has 0 spiro atoms. The molecule has 0 fully saturated rings. The predicted octanol–water partition coefficient (Wildman–Crippen LogP) is 2.07. The van der Waals surface area contributed by atoms with Gasteiger partial charge >= 0.3 is 26.6 Å². The van der Waals surface area contributed by atoms with Gasteiger partial charge in [-0.25, -0.2) is 0 Å². The first-order valence-corrected chi connectivity index (χ1v) is 3.09. The molecule has 0 unspecified atom stereocenters. The van der Waals surface area contributed by atoms with Gasteiger partial charge in [0.05, 0.1) is 0 Å². The Bertz CT molecular complexity index is 203. The molecule has 0 aliphatic carbocycles. The molecule has 2 heteroatoms. The average molecular weight is 350 g/mol. The van der Waals surface area contributed by atoms with Crippen LogP contribution >= 0.6 is 11.6 Å². The van der Waals surface area contributed by atoms with Gasteiger partial charge in [-0.15, -0.1) is 0 Å². The summed E-state index contributed by atoms with van der Waals surface area (Å²) in [6.45, 7) is 3.62. The molecule has 0 radical (unpaired) electrons. The van der Waals surface area contributed by atoms with Crippen molar-refractivity contribution in [2.24, 2.45) is 0 Å². The summed E-state index contributed by atoms with van der Waals surface area (Å²) >= 11 is 5.63. The van der Waals surface area contributed by atoms with Crippen LogP contribution in [0.3, 0.4) is 0 Å². The Balaban J connectivity index is 0.000000810. The first-order valence-electron chi connectivity index (χ1n) is 2.71. The fraction of sp³-hybridized carbons (Fsp3) is 0. The number of hydrogen-bond donors (Lipinski definition) is 0. The second kappa shape index (κ2) is 4.89. The standard InChI is InChI=1S/C8H7Cl.Po.2H/c1-2-7-3-5-8(9)6-4-7;;;/h2-6H,1H2;;;. The van der Waals surface area contributed by atoms with Gasteiger partial charge in [0.15, 0.2) is 0 Å². The zero-order valence-corrected chi connectivity index (χ0v) is 10.1. The number of hydrogen-bond acceptors (Lipinski definition) is 0. The molecule has 1 rings (SSSR count). The van der Waals surface area contributed by atoms with E-state index in [4.69, 9.17) is 11.6 Å². The van der Waals surface area contributed by atoms with E-state index in [1.54, 1.807) is 6.08 Å². The molecule has 54 valence electrons. The number of halogens is 1. The molecular formula is C8H9ClPo. The van der Waals surface area contributed by atoms with Crippen molar-refractivity contribution >= 4 is 44.2 Å². The summed E-state index contributed by atoms with van der Waals surface area (Å²) in [5, 5.41) is 0.764. The Hall–Kier alpha value is 0.146. The van der Waals surface area contributed by atoms with E-state index in [9.17, 15) is 0 Å². The van der Waals surface area contributed by atoms with Crippen molar-refractivity contribution in [2.75, 3.05) is 0 Å². The monoisotopic (exact) mass is 349 g/mol. The van der Waals surface area contributed by atoms with Crippen LogP contribution in [0.2, 0.25) is 5.02 Å². The Morgan fingerprint density at radius 3 is 2.10 bits per heavy atom. The van der Waals surface area contributed by atoms with E-state index in [0.29, 0.717) is 0 Å². The summed E-state index contributed by atoms with van der Waals surface area (Å²) < 4.78 is 0. The predicted molar refractivity (Wildman–Crippen MR) is 50.1 cm³/mol. The van der Waals surface area contributed by atoms with Crippen molar-refractivity contribution < 1.29 is 0 Å². The molecule has 1 aromatic rings. The van der Waals surface area contributed by atoms with Crippen molar-refractivity contribution in [3.63, 3.8) is 0 Å². The summed E-state index contributed by atoms with van der Waals surface area (Å²) in [6.07, 6.45) is 1.79. The van der Waals surface area contributed by atoms with Gasteiger partial charge in [-0.05, 0) is 17.7 Å². The van der Waals surface area contributed by atoms with Crippen LogP contribution in [0, 0.1) is 0 Å². The van der Waals surface area contributed by atoms with Crippen LogP contribution in [0.4, 0.5) is 0 Å². The number of rotatable bonds is 1. The van der Waals surface area contributed by atoms with Crippen LogP contribution in [0.15, 0.2) is 30.8 Å². The van der Waals surface area contributed by atoms with Crippen LogP contribution in [-0.4, -0.2) is 26.6 Å².